The Labute approximate surface area is 96.6 Å². The summed E-state index contributed by atoms with van der Waals surface area (Å²) in [5.41, 5.74) is 3.25. The predicted octanol–water partition coefficient (Wildman–Crippen LogP) is 2.37. The van der Waals surface area contributed by atoms with Crippen molar-refractivity contribution < 1.29 is 4.89 Å². The zero-order valence-electron chi connectivity index (χ0n) is 8.71. The first-order valence-corrected chi connectivity index (χ1v) is 6.02. The van der Waals surface area contributed by atoms with Crippen molar-refractivity contribution in [3.63, 3.8) is 0 Å². The van der Waals surface area contributed by atoms with Crippen LogP contribution in [0.5, 0.6) is 0 Å². The van der Waals surface area contributed by atoms with Gasteiger partial charge in [0.05, 0.1) is 15.2 Å². The van der Waals surface area contributed by atoms with Crippen molar-refractivity contribution in [1.29, 1.82) is 0 Å². The van der Waals surface area contributed by atoms with Gasteiger partial charge in [-0.1, -0.05) is 54.6 Å². The van der Waals surface area contributed by atoms with Gasteiger partial charge < -0.3 is 4.89 Å². The molecule has 0 aliphatic carbocycles. The lowest BCUT2D eigenvalue weighted by atomic mass is 10.0. The second-order valence-electron chi connectivity index (χ2n) is 3.34. The van der Waals surface area contributed by atoms with E-state index in [1.165, 1.54) is 0 Å². The molecule has 0 aliphatic heterocycles. The fraction of sp³-hybridized carbons (Fsp3) is 0. The van der Waals surface area contributed by atoms with E-state index >= 15 is 0 Å². The van der Waals surface area contributed by atoms with Crippen LogP contribution < -0.4 is 4.89 Å². The van der Waals surface area contributed by atoms with Gasteiger partial charge in [-0.05, 0) is 11.1 Å². The van der Waals surface area contributed by atoms with E-state index in [0.29, 0.717) is 0 Å². The van der Waals surface area contributed by atoms with Crippen molar-refractivity contribution >= 4 is 15.2 Å². The molecule has 2 nitrogen and oxygen atoms in total. The molecular weight excluding hydrogens is 217 g/mol. The van der Waals surface area contributed by atoms with Gasteiger partial charge in [-0.2, -0.15) is 0 Å². The third-order valence-corrected chi connectivity index (χ3v) is 2.59. The molecule has 16 heavy (non-hydrogen) atoms. The molecule has 0 saturated heterocycles. The molecule has 1 unspecified atom stereocenters. The molecule has 0 radical (unpaired) electrons. The van der Waals surface area contributed by atoms with Gasteiger partial charge in [0.1, 0.15) is 0 Å². The minimum atomic E-state index is -1.07. The summed E-state index contributed by atoms with van der Waals surface area (Å²) in [6, 6.07) is 18.1. The summed E-state index contributed by atoms with van der Waals surface area (Å²) >= 11 is 0. The van der Waals surface area contributed by atoms with Crippen molar-refractivity contribution in [1.82, 2.24) is 0 Å². The van der Waals surface area contributed by atoms with E-state index in [9.17, 15) is 4.89 Å². The van der Waals surface area contributed by atoms with Gasteiger partial charge in [0.15, 0.2) is 0 Å². The number of benzene rings is 2. The average molecular weight is 229 g/mol. The van der Waals surface area contributed by atoms with Gasteiger partial charge in [-0.15, -0.1) is 4.76 Å². The molecule has 0 bridgehead atoms. The summed E-state index contributed by atoms with van der Waals surface area (Å²) in [4.78, 5) is 10.4. The second-order valence-corrected chi connectivity index (χ2v) is 3.85. The zero-order chi connectivity index (χ0) is 11.2. The highest BCUT2D eigenvalue weighted by Crippen LogP contribution is 2.22. The number of hydrogen-bond acceptors (Lipinski definition) is 2. The molecule has 0 spiro atoms. The molecule has 2 aromatic carbocycles. The van der Waals surface area contributed by atoms with E-state index in [0.717, 1.165) is 16.7 Å². The first-order valence-electron chi connectivity index (χ1n) is 5.03. The Morgan fingerprint density at radius 1 is 0.938 bits per heavy atom. The van der Waals surface area contributed by atoms with E-state index < -0.39 is 8.96 Å². The summed E-state index contributed by atoms with van der Waals surface area (Å²) < 4.78 is 3.83. The second kappa shape index (κ2) is 5.55. The fourth-order valence-corrected chi connectivity index (χ4v) is 1.82. The molecule has 0 saturated carbocycles. The molecule has 2 aromatic rings. The highest BCUT2D eigenvalue weighted by Gasteiger charge is 2.01. The molecule has 0 fully saturated rings. The molecule has 80 valence electrons. The quantitative estimate of drug-likeness (QED) is 0.587. The SMILES string of the molecule is [O-][PH2+]N=Cc1ccccc1-c1ccccc1. The predicted molar refractivity (Wildman–Crippen MR) is 69.2 cm³/mol. The lowest BCUT2D eigenvalue weighted by molar-refractivity contribution is -0.150. The standard InChI is InChI=1S/C13H12NOP/c15-16-14-10-12-8-4-5-9-13(12)11-6-2-1-3-7-11/h1-10H,16H2. The normalized spacial score (nSPS) is 11.6. The van der Waals surface area contributed by atoms with E-state index in [-0.39, 0.29) is 0 Å². The van der Waals surface area contributed by atoms with E-state index in [4.69, 9.17) is 0 Å². The topological polar surface area (TPSA) is 35.4 Å². The summed E-state index contributed by atoms with van der Waals surface area (Å²) in [6.45, 7) is 0. The Morgan fingerprint density at radius 2 is 1.62 bits per heavy atom. The lowest BCUT2D eigenvalue weighted by Crippen LogP contribution is -1.87. The maximum absolute atomic E-state index is 10.4. The molecule has 1 atom stereocenters. The van der Waals surface area contributed by atoms with Gasteiger partial charge in [-0.3, -0.25) is 0 Å². The van der Waals surface area contributed by atoms with Crippen molar-refractivity contribution in [3.8, 4) is 11.1 Å². The summed E-state index contributed by atoms with van der Waals surface area (Å²) in [5.74, 6) is 0. The van der Waals surface area contributed by atoms with E-state index in [1.54, 1.807) is 6.21 Å². The molecule has 2 rings (SSSR count). The average Bonchev–Trinajstić information content (AvgIpc) is 2.38. The zero-order valence-corrected chi connectivity index (χ0v) is 9.86. The highest BCUT2D eigenvalue weighted by atomic mass is 31.1. The van der Waals surface area contributed by atoms with Crippen LogP contribution in [0, 0.1) is 0 Å². The van der Waals surface area contributed by atoms with Crippen LogP contribution in [0.4, 0.5) is 0 Å². The first-order chi connectivity index (χ1) is 7.92. The van der Waals surface area contributed by atoms with Crippen LogP contribution in [0.15, 0.2) is 59.4 Å². The molecule has 0 N–H and O–H groups in total. The molecule has 3 heteroatoms. The Balaban J connectivity index is 2.45. The van der Waals surface area contributed by atoms with Crippen molar-refractivity contribution in [3.05, 3.63) is 60.2 Å². The molecule has 0 heterocycles. The smallest absolute Gasteiger partial charge is 0.0715 e. The van der Waals surface area contributed by atoms with Gasteiger partial charge in [0, 0.05) is 5.56 Å². The molecule has 0 aliphatic rings. The molecule has 0 amide bonds. The molecule has 0 aromatic heterocycles. The third kappa shape index (κ3) is 2.54. The van der Waals surface area contributed by atoms with E-state index in [2.05, 4.69) is 16.9 Å². The van der Waals surface area contributed by atoms with Crippen LogP contribution >= 0.6 is 8.96 Å². The Hall–Kier alpha value is -1.50. The highest BCUT2D eigenvalue weighted by molar-refractivity contribution is 7.28. The minimum absolute atomic E-state index is 0.997. The Morgan fingerprint density at radius 3 is 2.38 bits per heavy atom. The van der Waals surface area contributed by atoms with Gasteiger partial charge in [0.25, 0.3) is 0 Å². The van der Waals surface area contributed by atoms with Crippen LogP contribution in [0.2, 0.25) is 0 Å². The van der Waals surface area contributed by atoms with Gasteiger partial charge >= 0.3 is 0 Å². The van der Waals surface area contributed by atoms with Crippen molar-refractivity contribution in [2.75, 3.05) is 0 Å². The largest absolute Gasteiger partial charge is 0.663 e. The lowest BCUT2D eigenvalue weighted by Gasteiger charge is -2.04. The maximum Gasteiger partial charge on any atom is 0.0715 e. The number of nitrogens with zero attached hydrogens (tertiary/aromatic N) is 1. The Kier molecular flexibility index (Phi) is 3.81. The van der Waals surface area contributed by atoms with Crippen LogP contribution in [0.25, 0.3) is 11.1 Å². The first kappa shape index (κ1) is 11.0. The van der Waals surface area contributed by atoms with E-state index in [1.807, 2.05) is 42.5 Å². The number of hydrogen-bond donors (Lipinski definition) is 0. The monoisotopic (exact) mass is 229 g/mol. The number of rotatable bonds is 3. The fourth-order valence-electron chi connectivity index (χ4n) is 1.60. The minimum Gasteiger partial charge on any atom is -0.663 e. The van der Waals surface area contributed by atoms with Crippen molar-refractivity contribution in [2.45, 2.75) is 0 Å². The van der Waals surface area contributed by atoms with Crippen LogP contribution in [0.3, 0.4) is 0 Å². The van der Waals surface area contributed by atoms with Crippen molar-refractivity contribution in [2.24, 2.45) is 4.76 Å². The molecular formula is C13H12NOP. The summed E-state index contributed by atoms with van der Waals surface area (Å²) in [7, 11) is -1.07. The third-order valence-electron chi connectivity index (χ3n) is 2.32. The summed E-state index contributed by atoms with van der Waals surface area (Å²) in [6.07, 6.45) is 1.67. The maximum atomic E-state index is 10.4. The van der Waals surface area contributed by atoms with Crippen LogP contribution in [-0.4, -0.2) is 6.21 Å². The van der Waals surface area contributed by atoms with Crippen LogP contribution in [0.1, 0.15) is 5.56 Å². The van der Waals surface area contributed by atoms with Crippen LogP contribution in [-0.2, 0) is 0 Å². The van der Waals surface area contributed by atoms with Gasteiger partial charge in [0.2, 0.25) is 0 Å². The summed E-state index contributed by atoms with van der Waals surface area (Å²) in [5, 5.41) is 0. The van der Waals surface area contributed by atoms with Gasteiger partial charge in [-0.25, -0.2) is 0 Å². The Bertz CT molecular complexity index is 482.